The number of rotatable bonds is 6. The Balaban J connectivity index is 1.09. The second-order valence-electron chi connectivity index (χ2n) is 15.9. The summed E-state index contributed by atoms with van der Waals surface area (Å²) in [4.78, 5) is 15.8. The molecule has 0 spiro atoms. The van der Waals surface area contributed by atoms with Crippen LogP contribution in [-0.4, -0.2) is 19.5 Å². The Morgan fingerprint density at radius 1 is 0.381 bits per heavy atom. The minimum absolute atomic E-state index is 0.585. The van der Waals surface area contributed by atoms with Crippen LogP contribution in [-0.2, 0) is 0 Å². The molecule has 0 N–H and O–H groups in total. The van der Waals surface area contributed by atoms with Gasteiger partial charge < -0.3 is 8.98 Å². The van der Waals surface area contributed by atoms with Gasteiger partial charge in [-0.1, -0.05) is 158 Å². The van der Waals surface area contributed by atoms with Crippen molar-refractivity contribution in [3.8, 4) is 62.1 Å². The lowest BCUT2D eigenvalue weighted by molar-refractivity contribution is 0.670. The van der Waals surface area contributed by atoms with Gasteiger partial charge in [0.25, 0.3) is 0 Å². The third-order valence-corrected chi connectivity index (χ3v) is 13.5. The lowest BCUT2D eigenvalue weighted by Crippen LogP contribution is -2.00. The number of furan rings is 1. The second kappa shape index (κ2) is 14.2. The number of hydrogen-bond donors (Lipinski definition) is 0. The fourth-order valence-corrected chi connectivity index (χ4v) is 10.6. The summed E-state index contributed by atoms with van der Waals surface area (Å²) in [6.07, 6.45) is 0. The molecule has 0 unspecified atom stereocenters. The van der Waals surface area contributed by atoms with E-state index in [-0.39, 0.29) is 0 Å². The predicted molar refractivity (Wildman–Crippen MR) is 262 cm³/mol. The third-order valence-electron chi connectivity index (χ3n) is 12.3. The average molecular weight is 823 g/mol. The Hall–Kier alpha value is -8.19. The van der Waals surface area contributed by atoms with Gasteiger partial charge in [0, 0.05) is 69.7 Å². The summed E-state index contributed by atoms with van der Waals surface area (Å²) in [5.41, 5.74) is 12.1. The van der Waals surface area contributed by atoms with Crippen LogP contribution >= 0.6 is 11.3 Å². The lowest BCUT2D eigenvalue weighted by Gasteiger charge is -2.12. The zero-order valence-corrected chi connectivity index (χ0v) is 34.6. The van der Waals surface area contributed by atoms with Gasteiger partial charge in [0.05, 0.1) is 11.0 Å². The maximum atomic E-state index is 6.95. The van der Waals surface area contributed by atoms with Gasteiger partial charge in [-0.2, -0.15) is 0 Å². The summed E-state index contributed by atoms with van der Waals surface area (Å²) in [5, 5.41) is 6.77. The van der Waals surface area contributed by atoms with E-state index in [1.54, 1.807) is 11.3 Å². The van der Waals surface area contributed by atoms with Crippen molar-refractivity contribution in [2.24, 2.45) is 0 Å². The van der Waals surface area contributed by atoms with Crippen molar-refractivity contribution in [3.05, 3.63) is 206 Å². The molecule has 6 heteroatoms. The van der Waals surface area contributed by atoms with Crippen molar-refractivity contribution in [3.63, 3.8) is 0 Å². The zero-order valence-electron chi connectivity index (χ0n) is 33.7. The van der Waals surface area contributed by atoms with Gasteiger partial charge in [-0.25, -0.2) is 15.0 Å². The summed E-state index contributed by atoms with van der Waals surface area (Å²) >= 11 is 1.78. The van der Waals surface area contributed by atoms with Gasteiger partial charge in [-0.3, -0.25) is 0 Å². The number of benzene rings is 9. The molecule has 0 bridgehead atoms. The number of nitrogens with zero attached hydrogens (tertiary/aromatic N) is 4. The van der Waals surface area contributed by atoms with Gasteiger partial charge in [-0.05, 0) is 65.2 Å². The van der Waals surface area contributed by atoms with E-state index in [0.717, 1.165) is 71.2 Å². The molecule has 0 aliphatic rings. The van der Waals surface area contributed by atoms with E-state index < -0.39 is 0 Å². The first kappa shape index (κ1) is 35.6. The molecule has 5 nitrogen and oxygen atoms in total. The Bertz CT molecular complexity index is 3910. The number of thiophene rings is 1. The van der Waals surface area contributed by atoms with Crippen LogP contribution < -0.4 is 0 Å². The van der Waals surface area contributed by atoms with E-state index in [4.69, 9.17) is 19.4 Å². The molecule has 9 aromatic carbocycles. The fourth-order valence-electron chi connectivity index (χ4n) is 9.38. The fraction of sp³-hybridized carbons (Fsp3) is 0. The van der Waals surface area contributed by atoms with E-state index in [2.05, 4.69) is 187 Å². The molecule has 0 aliphatic carbocycles. The smallest absolute Gasteiger partial charge is 0.165 e. The maximum absolute atomic E-state index is 6.95. The molecule has 4 aromatic heterocycles. The first-order valence-electron chi connectivity index (χ1n) is 21.1. The van der Waals surface area contributed by atoms with Crippen LogP contribution in [0.2, 0.25) is 0 Å². The van der Waals surface area contributed by atoms with E-state index in [0.29, 0.717) is 17.5 Å². The summed E-state index contributed by atoms with van der Waals surface area (Å²) in [7, 11) is 0. The van der Waals surface area contributed by atoms with Crippen LogP contribution in [0.25, 0.3) is 126 Å². The molecule has 63 heavy (non-hydrogen) atoms. The second-order valence-corrected chi connectivity index (χ2v) is 17.0. The summed E-state index contributed by atoms with van der Waals surface area (Å²) in [6.45, 7) is 0. The molecule has 0 fully saturated rings. The highest BCUT2D eigenvalue weighted by Gasteiger charge is 2.23. The van der Waals surface area contributed by atoms with Gasteiger partial charge in [0.15, 0.2) is 17.5 Å². The first-order valence-corrected chi connectivity index (χ1v) is 21.9. The van der Waals surface area contributed by atoms with Crippen LogP contribution in [0, 0.1) is 0 Å². The van der Waals surface area contributed by atoms with Crippen LogP contribution in [0.1, 0.15) is 0 Å². The Morgan fingerprint density at radius 3 is 1.81 bits per heavy atom. The molecule has 0 atom stereocenters. The van der Waals surface area contributed by atoms with Crippen molar-refractivity contribution in [1.82, 2.24) is 19.5 Å². The standard InChI is InChI=1S/C57H34N4OS/c1-4-16-35(17-5-1)38-30-31-49-46(32-38)40-22-10-12-27-48(40)61(49)39-33-45(36-18-6-2-7-19-36)53-47(34-39)52-43(25-15-28-50(52)62-53)56-58-55(37-20-8-3-9-21-37)59-57(60-56)44-26-14-24-42-41-23-11-13-29-51(41)63-54(42)44/h1-34H. The van der Waals surface area contributed by atoms with E-state index >= 15 is 0 Å². The Kier molecular flexibility index (Phi) is 8.01. The third kappa shape index (κ3) is 5.73. The van der Waals surface area contributed by atoms with Crippen molar-refractivity contribution in [1.29, 1.82) is 0 Å². The molecular weight excluding hydrogens is 789 g/mol. The largest absolute Gasteiger partial charge is 0.455 e. The van der Waals surface area contributed by atoms with Gasteiger partial charge in [0.1, 0.15) is 11.2 Å². The number of fused-ring (bicyclic) bond motifs is 9. The van der Waals surface area contributed by atoms with Crippen LogP contribution in [0.3, 0.4) is 0 Å². The molecule has 0 radical (unpaired) electrons. The average Bonchev–Trinajstić information content (AvgIpc) is 4.04. The van der Waals surface area contributed by atoms with E-state index in [9.17, 15) is 0 Å². The highest BCUT2D eigenvalue weighted by Crippen LogP contribution is 2.45. The van der Waals surface area contributed by atoms with Crippen molar-refractivity contribution in [2.45, 2.75) is 0 Å². The summed E-state index contributed by atoms with van der Waals surface area (Å²) < 4.78 is 11.7. The highest BCUT2D eigenvalue weighted by molar-refractivity contribution is 7.26. The summed E-state index contributed by atoms with van der Waals surface area (Å²) in [5.74, 6) is 1.83. The SMILES string of the molecule is c1ccc(-c2ccc3c(c2)c2ccccc2n3-c2cc(-c3ccccc3)c3oc4cccc(-c5nc(-c6ccccc6)nc(-c6cccc7c6sc6ccccc67)n5)c4c3c2)cc1. The van der Waals surface area contributed by atoms with Crippen LogP contribution in [0.4, 0.5) is 0 Å². The molecule has 4 heterocycles. The van der Waals surface area contributed by atoms with Gasteiger partial charge >= 0.3 is 0 Å². The molecule has 0 aliphatic heterocycles. The normalized spacial score (nSPS) is 11.8. The monoisotopic (exact) mass is 822 g/mol. The predicted octanol–water partition coefficient (Wildman–Crippen LogP) is 15.6. The Labute approximate surface area is 365 Å². The minimum atomic E-state index is 0.585. The summed E-state index contributed by atoms with van der Waals surface area (Å²) in [6, 6.07) is 72.6. The molecule has 13 rings (SSSR count). The molecule has 13 aromatic rings. The molecule has 294 valence electrons. The number of para-hydroxylation sites is 1. The molecule has 0 saturated heterocycles. The van der Waals surface area contributed by atoms with Gasteiger partial charge in [0.2, 0.25) is 0 Å². The number of aromatic nitrogens is 4. The van der Waals surface area contributed by atoms with Crippen LogP contribution in [0.5, 0.6) is 0 Å². The highest BCUT2D eigenvalue weighted by atomic mass is 32.1. The lowest BCUT2D eigenvalue weighted by atomic mass is 9.99. The van der Waals surface area contributed by atoms with E-state index in [1.165, 1.54) is 37.4 Å². The quantitative estimate of drug-likeness (QED) is 0.168. The molecular formula is C57H34N4OS. The van der Waals surface area contributed by atoms with Gasteiger partial charge in [-0.15, -0.1) is 11.3 Å². The minimum Gasteiger partial charge on any atom is -0.455 e. The number of hydrogen-bond acceptors (Lipinski definition) is 5. The molecule has 0 saturated carbocycles. The van der Waals surface area contributed by atoms with Crippen LogP contribution in [0.15, 0.2) is 211 Å². The maximum Gasteiger partial charge on any atom is 0.165 e. The first-order chi connectivity index (χ1) is 31.2. The topological polar surface area (TPSA) is 56.7 Å². The zero-order chi connectivity index (χ0) is 41.4. The van der Waals surface area contributed by atoms with Crippen molar-refractivity contribution < 1.29 is 4.42 Å². The molecule has 0 amide bonds. The Morgan fingerprint density at radius 2 is 1.00 bits per heavy atom. The van der Waals surface area contributed by atoms with E-state index in [1.807, 2.05) is 24.3 Å². The van der Waals surface area contributed by atoms with Crippen molar-refractivity contribution >= 4 is 75.3 Å². The van der Waals surface area contributed by atoms with Crippen molar-refractivity contribution in [2.75, 3.05) is 0 Å².